The van der Waals surface area contributed by atoms with Crippen molar-refractivity contribution in [3.05, 3.63) is 23.2 Å². The van der Waals surface area contributed by atoms with Gasteiger partial charge in [-0.2, -0.15) is 0 Å². The molecule has 0 unspecified atom stereocenters. The average molecular weight is 255 g/mol. The van der Waals surface area contributed by atoms with Crippen LogP contribution < -0.4 is 10.6 Å². The minimum Gasteiger partial charge on any atom is -0.398 e. The van der Waals surface area contributed by atoms with Crippen molar-refractivity contribution in [2.45, 2.75) is 0 Å². The lowest BCUT2D eigenvalue weighted by molar-refractivity contribution is 1.02. The summed E-state index contributed by atoms with van der Waals surface area (Å²) in [7, 11) is 3.85. The number of nitrogens with two attached hydrogens (primary N) is 1. The molecule has 2 aromatic rings. The lowest BCUT2D eigenvalue weighted by Gasteiger charge is -2.04. The predicted molar refractivity (Wildman–Crippen MR) is 69.1 cm³/mol. The summed E-state index contributed by atoms with van der Waals surface area (Å²) in [6.07, 6.45) is 0. The Morgan fingerprint density at radius 2 is 2.06 bits per heavy atom. The zero-order valence-electron chi connectivity index (χ0n) is 8.94. The third kappa shape index (κ3) is 2.10. The summed E-state index contributed by atoms with van der Waals surface area (Å²) >= 11 is 7.33. The van der Waals surface area contributed by atoms with Gasteiger partial charge in [0.25, 0.3) is 0 Å². The third-order valence-corrected chi connectivity index (χ3v) is 3.40. The van der Waals surface area contributed by atoms with E-state index >= 15 is 0 Å². The van der Waals surface area contributed by atoms with E-state index in [0.29, 0.717) is 10.7 Å². The van der Waals surface area contributed by atoms with Crippen LogP contribution in [0, 0.1) is 0 Å². The monoisotopic (exact) mass is 254 g/mol. The largest absolute Gasteiger partial charge is 0.398 e. The van der Waals surface area contributed by atoms with Gasteiger partial charge < -0.3 is 10.6 Å². The van der Waals surface area contributed by atoms with E-state index < -0.39 is 0 Å². The number of benzene rings is 1. The Morgan fingerprint density at radius 3 is 2.62 bits per heavy atom. The van der Waals surface area contributed by atoms with E-state index in [-0.39, 0.29) is 0 Å². The van der Waals surface area contributed by atoms with Crippen molar-refractivity contribution in [1.29, 1.82) is 0 Å². The molecular weight excluding hydrogens is 244 g/mol. The summed E-state index contributed by atoms with van der Waals surface area (Å²) in [5, 5.41) is 10.4. The summed E-state index contributed by atoms with van der Waals surface area (Å²) in [5.74, 6) is 0. The molecular formula is C10H11ClN4S. The van der Waals surface area contributed by atoms with Crippen LogP contribution in [0.15, 0.2) is 18.2 Å². The lowest BCUT2D eigenvalue weighted by Crippen LogP contribution is -2.07. The zero-order valence-corrected chi connectivity index (χ0v) is 10.5. The van der Waals surface area contributed by atoms with Crippen LogP contribution in [-0.4, -0.2) is 24.3 Å². The summed E-state index contributed by atoms with van der Waals surface area (Å²) in [5.41, 5.74) is 7.37. The van der Waals surface area contributed by atoms with E-state index in [1.165, 1.54) is 11.3 Å². The van der Waals surface area contributed by atoms with E-state index in [9.17, 15) is 0 Å². The van der Waals surface area contributed by atoms with Crippen LogP contribution in [0.4, 0.5) is 10.8 Å². The molecule has 84 valence electrons. The van der Waals surface area contributed by atoms with Gasteiger partial charge in [-0.25, -0.2) is 0 Å². The fourth-order valence-corrected chi connectivity index (χ4v) is 2.23. The molecule has 0 aliphatic carbocycles. The highest BCUT2D eigenvalue weighted by molar-refractivity contribution is 7.18. The standard InChI is InChI=1S/C10H11ClN4S/c1-15(2)10-14-13-9(16-10)7-4-3-6(11)5-8(7)12/h3-5H,12H2,1-2H3. The maximum atomic E-state index is 5.88. The first-order valence-electron chi connectivity index (χ1n) is 4.64. The van der Waals surface area contributed by atoms with Crippen molar-refractivity contribution in [2.24, 2.45) is 0 Å². The maximum Gasteiger partial charge on any atom is 0.208 e. The topological polar surface area (TPSA) is 55.0 Å². The molecule has 4 nitrogen and oxygen atoms in total. The van der Waals surface area contributed by atoms with Gasteiger partial charge in [-0.3, -0.25) is 0 Å². The molecule has 1 heterocycles. The van der Waals surface area contributed by atoms with Crippen molar-refractivity contribution in [3.8, 4) is 10.6 Å². The van der Waals surface area contributed by atoms with Gasteiger partial charge in [-0.1, -0.05) is 22.9 Å². The van der Waals surface area contributed by atoms with Crippen LogP contribution in [-0.2, 0) is 0 Å². The predicted octanol–water partition coefficient (Wildman–Crippen LogP) is 2.51. The van der Waals surface area contributed by atoms with Gasteiger partial charge >= 0.3 is 0 Å². The average Bonchev–Trinajstić information content (AvgIpc) is 2.66. The van der Waals surface area contributed by atoms with Crippen LogP contribution in [0.25, 0.3) is 10.6 Å². The highest BCUT2D eigenvalue weighted by Gasteiger charge is 2.10. The molecule has 0 spiro atoms. The number of aromatic nitrogens is 2. The van der Waals surface area contributed by atoms with E-state index in [1.807, 2.05) is 25.1 Å². The molecule has 0 radical (unpaired) electrons. The Bertz CT molecular complexity index is 509. The van der Waals surface area contributed by atoms with Crippen LogP contribution in [0.5, 0.6) is 0 Å². The van der Waals surface area contributed by atoms with E-state index in [1.54, 1.807) is 12.1 Å². The Hall–Kier alpha value is -1.33. The minimum atomic E-state index is 0.619. The molecule has 0 aliphatic heterocycles. The molecule has 6 heteroatoms. The molecule has 0 saturated carbocycles. The maximum absolute atomic E-state index is 5.88. The first-order valence-corrected chi connectivity index (χ1v) is 5.83. The van der Waals surface area contributed by atoms with Gasteiger partial charge in [-0.05, 0) is 18.2 Å². The summed E-state index contributed by atoms with van der Waals surface area (Å²) in [4.78, 5) is 1.91. The van der Waals surface area contributed by atoms with Crippen LogP contribution in [0.1, 0.15) is 0 Å². The van der Waals surface area contributed by atoms with Gasteiger partial charge in [0.1, 0.15) is 0 Å². The fourth-order valence-electron chi connectivity index (χ4n) is 1.23. The number of nitrogen functional groups attached to an aromatic ring is 1. The molecule has 0 saturated heterocycles. The van der Waals surface area contributed by atoms with Gasteiger partial charge in [0, 0.05) is 30.4 Å². The quantitative estimate of drug-likeness (QED) is 0.837. The summed E-state index contributed by atoms with van der Waals surface area (Å²) in [6, 6.07) is 5.37. The molecule has 0 atom stereocenters. The second kappa shape index (κ2) is 4.27. The number of nitrogens with zero attached hydrogens (tertiary/aromatic N) is 3. The Balaban J connectivity index is 2.42. The second-order valence-corrected chi connectivity index (χ2v) is 4.91. The smallest absolute Gasteiger partial charge is 0.208 e. The van der Waals surface area contributed by atoms with Gasteiger partial charge in [0.2, 0.25) is 5.13 Å². The van der Waals surface area contributed by atoms with Crippen LogP contribution in [0.3, 0.4) is 0 Å². The first kappa shape index (κ1) is 11.2. The number of hydrogen-bond acceptors (Lipinski definition) is 5. The van der Waals surface area contributed by atoms with E-state index in [2.05, 4.69) is 10.2 Å². The van der Waals surface area contributed by atoms with E-state index in [0.717, 1.165) is 15.7 Å². The fraction of sp³-hybridized carbons (Fsp3) is 0.200. The molecule has 2 rings (SSSR count). The minimum absolute atomic E-state index is 0.619. The Morgan fingerprint density at radius 1 is 1.31 bits per heavy atom. The Labute approximate surface area is 103 Å². The van der Waals surface area contributed by atoms with Crippen molar-refractivity contribution < 1.29 is 0 Å². The van der Waals surface area contributed by atoms with Crippen LogP contribution >= 0.6 is 22.9 Å². The van der Waals surface area contributed by atoms with Crippen molar-refractivity contribution in [1.82, 2.24) is 10.2 Å². The zero-order chi connectivity index (χ0) is 11.7. The Kier molecular flexibility index (Phi) is 2.98. The molecule has 1 aromatic carbocycles. The summed E-state index contributed by atoms with van der Waals surface area (Å²) < 4.78 is 0. The van der Waals surface area contributed by atoms with Crippen molar-refractivity contribution in [3.63, 3.8) is 0 Å². The van der Waals surface area contributed by atoms with E-state index in [4.69, 9.17) is 17.3 Å². The third-order valence-electron chi connectivity index (χ3n) is 2.04. The van der Waals surface area contributed by atoms with Crippen molar-refractivity contribution in [2.75, 3.05) is 24.7 Å². The van der Waals surface area contributed by atoms with Gasteiger partial charge in [0.05, 0.1) is 0 Å². The normalized spacial score (nSPS) is 10.4. The van der Waals surface area contributed by atoms with Crippen LogP contribution in [0.2, 0.25) is 5.02 Å². The number of hydrogen-bond donors (Lipinski definition) is 1. The molecule has 1 aromatic heterocycles. The highest BCUT2D eigenvalue weighted by Crippen LogP contribution is 2.32. The van der Waals surface area contributed by atoms with Gasteiger partial charge in [0.15, 0.2) is 5.01 Å². The molecule has 2 N–H and O–H groups in total. The molecule has 0 amide bonds. The number of halogens is 1. The lowest BCUT2D eigenvalue weighted by atomic mass is 10.2. The first-order chi connectivity index (χ1) is 7.58. The number of rotatable bonds is 2. The molecule has 0 aliphatic rings. The summed E-state index contributed by atoms with van der Waals surface area (Å²) in [6.45, 7) is 0. The SMILES string of the molecule is CN(C)c1nnc(-c2ccc(Cl)cc2N)s1. The second-order valence-electron chi connectivity index (χ2n) is 3.52. The van der Waals surface area contributed by atoms with Crippen molar-refractivity contribution >= 4 is 33.8 Å². The molecule has 0 bridgehead atoms. The van der Waals surface area contributed by atoms with Gasteiger partial charge in [-0.15, -0.1) is 10.2 Å². The number of anilines is 2. The highest BCUT2D eigenvalue weighted by atomic mass is 35.5. The molecule has 0 fully saturated rings. The molecule has 16 heavy (non-hydrogen) atoms.